The maximum atomic E-state index is 13.0. The largest absolute Gasteiger partial charge is 0.391 e. The number of tetrazole rings is 1. The first kappa shape index (κ1) is 22.7. The number of sulfone groups is 1. The summed E-state index contributed by atoms with van der Waals surface area (Å²) >= 11 is 0. The molecule has 14 nitrogen and oxygen atoms in total. The molecule has 2 heterocycles. The number of hydrogen-bond acceptors (Lipinski definition) is 11. The first-order valence-electron chi connectivity index (χ1n) is 9.32. The van der Waals surface area contributed by atoms with E-state index in [1.54, 1.807) is 18.2 Å². The van der Waals surface area contributed by atoms with E-state index in [4.69, 9.17) is 16.6 Å². The maximum absolute atomic E-state index is 13.0. The zero-order chi connectivity index (χ0) is 24.0. The van der Waals surface area contributed by atoms with Crippen molar-refractivity contribution >= 4 is 36.8 Å². The molecule has 0 radical (unpaired) electrons. The number of nitrogen functional groups attached to an aromatic ring is 1. The molecule has 0 amide bonds. The summed E-state index contributed by atoms with van der Waals surface area (Å²) in [6, 6.07) is 7.49. The van der Waals surface area contributed by atoms with Crippen molar-refractivity contribution in [2.75, 3.05) is 18.0 Å². The Morgan fingerprint density at radius 1 is 1.09 bits per heavy atom. The van der Waals surface area contributed by atoms with Crippen molar-refractivity contribution in [2.45, 2.75) is 15.9 Å². The van der Waals surface area contributed by atoms with Crippen molar-refractivity contribution < 1.29 is 21.9 Å². The average Bonchev–Trinajstić information content (AvgIpc) is 3.40. The van der Waals surface area contributed by atoms with Crippen LogP contribution in [0.15, 0.2) is 40.1 Å². The third-order valence-corrected chi connectivity index (χ3v) is 7.77. The summed E-state index contributed by atoms with van der Waals surface area (Å²) < 4.78 is 51.5. The van der Waals surface area contributed by atoms with Gasteiger partial charge >= 0.3 is 0 Å². The van der Waals surface area contributed by atoms with Gasteiger partial charge in [0.25, 0.3) is 0 Å². The molecule has 0 fully saturated rings. The highest BCUT2D eigenvalue weighted by Gasteiger charge is 2.33. The summed E-state index contributed by atoms with van der Waals surface area (Å²) in [4.78, 5) is 5.73. The fourth-order valence-electron chi connectivity index (χ4n) is 3.48. The summed E-state index contributed by atoms with van der Waals surface area (Å²) in [5.74, 6) is -0.908. The van der Waals surface area contributed by atoms with E-state index in [-0.39, 0.29) is 29.4 Å². The van der Waals surface area contributed by atoms with Gasteiger partial charge in [0, 0.05) is 12.1 Å². The number of benzene rings is 2. The minimum atomic E-state index is -4.66. The van der Waals surface area contributed by atoms with Crippen molar-refractivity contribution in [1.29, 1.82) is 0 Å². The summed E-state index contributed by atoms with van der Waals surface area (Å²) in [6.07, 6.45) is -1.42. The normalized spacial score (nSPS) is 13.4. The summed E-state index contributed by atoms with van der Waals surface area (Å²) in [7, 11) is -9.01. The second kappa shape index (κ2) is 8.16. The van der Waals surface area contributed by atoms with Gasteiger partial charge in [-0.3, -0.25) is 0 Å². The molecule has 16 heteroatoms. The topological polar surface area (TPSA) is 250 Å². The Hall–Kier alpha value is -3.44. The number of hydrogen-bond donors (Lipinski definition) is 6. The number of H-pyrrole nitrogens is 2. The van der Waals surface area contributed by atoms with Gasteiger partial charge < -0.3 is 21.6 Å². The molecule has 0 spiro atoms. The van der Waals surface area contributed by atoms with Crippen LogP contribution in [0.4, 0.5) is 5.95 Å². The average molecular weight is 494 g/mol. The van der Waals surface area contributed by atoms with Crippen LogP contribution in [0.3, 0.4) is 0 Å². The molecule has 1 atom stereocenters. The molecule has 0 aliphatic rings. The highest BCUT2D eigenvalue weighted by Crippen LogP contribution is 2.41. The summed E-state index contributed by atoms with van der Waals surface area (Å²) in [5, 5.41) is 28.7. The first-order valence-corrected chi connectivity index (χ1v) is 12.5. The predicted octanol–water partition coefficient (Wildman–Crippen LogP) is -1.27. The van der Waals surface area contributed by atoms with Crippen LogP contribution < -0.4 is 16.6 Å². The molecular formula is C17H19N9O5S2. The second-order valence-corrected chi connectivity index (χ2v) is 10.6. The second-order valence-electron chi connectivity index (χ2n) is 7.09. The minimum Gasteiger partial charge on any atom is -0.391 e. The number of aliphatic hydroxyl groups excluding tert-OH is 1. The standard InChI is InChI=1S/C17H19N9O5S2/c18-6-8(27)7-32(28,29)12-5-4-9(10-2-1-3-11-14(10)22-17(19)21-11)13(15(12)33(20,30)31)16-23-25-26-24-16/h1-5,8,27H,6-7,18H2,(H3,19,21,22)(H2,20,30,31)(H,23,24,25,26). The van der Waals surface area contributed by atoms with Gasteiger partial charge in [0.1, 0.15) is 4.90 Å². The summed E-state index contributed by atoms with van der Waals surface area (Å²) in [6.45, 7) is -0.345. The van der Waals surface area contributed by atoms with Crippen molar-refractivity contribution in [3.05, 3.63) is 30.3 Å². The number of rotatable bonds is 7. The lowest BCUT2D eigenvalue weighted by Crippen LogP contribution is -2.30. The van der Waals surface area contributed by atoms with Crippen LogP contribution >= 0.6 is 0 Å². The van der Waals surface area contributed by atoms with Crippen LogP contribution in [0, 0.1) is 0 Å². The third kappa shape index (κ3) is 4.16. The van der Waals surface area contributed by atoms with Gasteiger partial charge in [-0.2, -0.15) is 5.21 Å². The molecule has 9 N–H and O–H groups in total. The lowest BCUT2D eigenvalue weighted by molar-refractivity contribution is 0.205. The Labute approximate surface area is 187 Å². The van der Waals surface area contributed by atoms with Crippen molar-refractivity contribution in [1.82, 2.24) is 30.6 Å². The van der Waals surface area contributed by atoms with E-state index >= 15 is 0 Å². The number of aromatic amines is 2. The third-order valence-electron chi connectivity index (χ3n) is 4.82. The number of imidazole rings is 1. The zero-order valence-electron chi connectivity index (χ0n) is 16.8. The predicted molar refractivity (Wildman–Crippen MR) is 118 cm³/mol. The van der Waals surface area contributed by atoms with Gasteiger partial charge in [-0.05, 0) is 22.9 Å². The van der Waals surface area contributed by atoms with E-state index in [2.05, 4.69) is 30.6 Å². The highest BCUT2D eigenvalue weighted by molar-refractivity contribution is 7.93. The van der Waals surface area contributed by atoms with E-state index in [1.807, 2.05) is 0 Å². The Bertz CT molecular complexity index is 1550. The van der Waals surface area contributed by atoms with Gasteiger partial charge in [-0.15, -0.1) is 10.2 Å². The molecule has 2 aromatic heterocycles. The molecule has 33 heavy (non-hydrogen) atoms. The van der Waals surface area contributed by atoms with Crippen LogP contribution in [-0.4, -0.2) is 70.9 Å². The molecule has 0 saturated carbocycles. The number of nitrogens with one attached hydrogen (secondary N) is 2. The number of aromatic nitrogens is 6. The molecule has 0 saturated heterocycles. The maximum Gasteiger partial charge on any atom is 0.240 e. The lowest BCUT2D eigenvalue weighted by atomic mass is 9.98. The first-order chi connectivity index (χ1) is 15.5. The number of primary sulfonamides is 1. The molecule has 0 aliphatic carbocycles. The number of para-hydroxylation sites is 1. The molecule has 4 aromatic rings. The number of aliphatic hydroxyl groups is 1. The van der Waals surface area contributed by atoms with Gasteiger partial charge in [0.15, 0.2) is 15.8 Å². The monoisotopic (exact) mass is 493 g/mol. The fraction of sp³-hybridized carbons (Fsp3) is 0.176. The Morgan fingerprint density at radius 3 is 2.48 bits per heavy atom. The number of fused-ring (bicyclic) bond motifs is 1. The lowest BCUT2D eigenvalue weighted by Gasteiger charge is -2.17. The number of nitrogens with two attached hydrogens (primary N) is 3. The molecule has 0 aliphatic heterocycles. The smallest absolute Gasteiger partial charge is 0.240 e. The molecule has 0 bridgehead atoms. The Morgan fingerprint density at radius 2 is 1.85 bits per heavy atom. The van der Waals surface area contributed by atoms with Crippen LogP contribution in [0.25, 0.3) is 33.5 Å². The van der Waals surface area contributed by atoms with Crippen LogP contribution in [0.2, 0.25) is 0 Å². The zero-order valence-corrected chi connectivity index (χ0v) is 18.4. The number of nitrogens with zero attached hydrogens (tertiary/aromatic N) is 4. The minimum absolute atomic E-state index is 0.125. The van der Waals surface area contributed by atoms with Crippen molar-refractivity contribution in [3.8, 4) is 22.5 Å². The van der Waals surface area contributed by atoms with Gasteiger partial charge in [0.2, 0.25) is 15.8 Å². The van der Waals surface area contributed by atoms with E-state index in [1.165, 1.54) is 6.07 Å². The van der Waals surface area contributed by atoms with E-state index in [9.17, 15) is 21.9 Å². The highest BCUT2D eigenvalue weighted by atomic mass is 32.2. The van der Waals surface area contributed by atoms with E-state index in [0.29, 0.717) is 16.6 Å². The van der Waals surface area contributed by atoms with Gasteiger partial charge in [-0.25, -0.2) is 27.0 Å². The molecule has 1 unspecified atom stereocenters. The Kier molecular flexibility index (Phi) is 5.62. The molecular weight excluding hydrogens is 474 g/mol. The van der Waals surface area contributed by atoms with E-state index in [0.717, 1.165) is 6.07 Å². The number of anilines is 1. The van der Waals surface area contributed by atoms with Crippen LogP contribution in [-0.2, 0) is 19.9 Å². The summed E-state index contributed by atoms with van der Waals surface area (Å²) in [5.41, 5.74) is 12.5. The van der Waals surface area contributed by atoms with Crippen molar-refractivity contribution in [3.63, 3.8) is 0 Å². The van der Waals surface area contributed by atoms with Gasteiger partial charge in [0.05, 0.1) is 33.3 Å². The van der Waals surface area contributed by atoms with E-state index < -0.39 is 41.5 Å². The molecule has 2 aromatic carbocycles. The molecule has 4 rings (SSSR count). The van der Waals surface area contributed by atoms with Crippen LogP contribution in [0.1, 0.15) is 0 Å². The van der Waals surface area contributed by atoms with Gasteiger partial charge in [-0.1, -0.05) is 18.2 Å². The Balaban J connectivity index is 2.13. The fourth-order valence-corrected chi connectivity index (χ4v) is 6.53. The number of sulfonamides is 1. The molecule has 174 valence electrons. The van der Waals surface area contributed by atoms with Crippen LogP contribution in [0.5, 0.6) is 0 Å². The van der Waals surface area contributed by atoms with Crippen molar-refractivity contribution in [2.24, 2.45) is 10.9 Å². The quantitative estimate of drug-likeness (QED) is 0.177. The SMILES string of the molecule is NCC(O)CS(=O)(=O)c1ccc(-c2cccc3[nH]c(N)nc23)c(-c2nn[nH]n2)c1S(N)(=O)=O.